The van der Waals surface area contributed by atoms with Crippen LogP contribution in [0.15, 0.2) is 0 Å². The van der Waals surface area contributed by atoms with Gasteiger partial charge in [0.1, 0.15) is 6.10 Å². The minimum atomic E-state index is -1.28. The molecule has 1 saturated carbocycles. The van der Waals surface area contributed by atoms with Gasteiger partial charge in [-0.3, -0.25) is 9.59 Å². The molecule has 1 fully saturated rings. The molecule has 1 rings (SSSR count). The highest BCUT2D eigenvalue weighted by Gasteiger charge is 2.48. The van der Waals surface area contributed by atoms with Crippen LogP contribution in [0.25, 0.3) is 0 Å². The van der Waals surface area contributed by atoms with Gasteiger partial charge in [-0.15, -0.1) is 0 Å². The van der Waals surface area contributed by atoms with Gasteiger partial charge >= 0.3 is 11.9 Å². The number of hydrogen-bond acceptors (Lipinski definition) is 3. The summed E-state index contributed by atoms with van der Waals surface area (Å²) in [6.45, 7) is 4.07. The third kappa shape index (κ3) is 3.95. The maximum absolute atomic E-state index is 12.3. The summed E-state index contributed by atoms with van der Waals surface area (Å²) in [4.78, 5) is 23.8. The van der Waals surface area contributed by atoms with E-state index in [1.807, 2.05) is 6.92 Å². The van der Waals surface area contributed by atoms with Crippen molar-refractivity contribution >= 4 is 11.9 Å². The first-order valence-electron chi connectivity index (χ1n) is 7.51. The number of carbonyl (C=O) groups excluding carboxylic acids is 1. The summed E-state index contributed by atoms with van der Waals surface area (Å²) >= 11 is 0. The molecule has 19 heavy (non-hydrogen) atoms. The molecule has 4 nitrogen and oxygen atoms in total. The molecule has 0 aromatic rings. The monoisotopic (exact) mass is 270 g/mol. The molecule has 1 atom stereocenters. The Hall–Kier alpha value is -1.06. The zero-order chi connectivity index (χ0) is 14.3. The van der Waals surface area contributed by atoms with Crippen molar-refractivity contribution in [3.63, 3.8) is 0 Å². The molecule has 1 unspecified atom stereocenters. The predicted octanol–water partition coefficient (Wildman–Crippen LogP) is 3.53. The summed E-state index contributed by atoms with van der Waals surface area (Å²) in [6, 6.07) is 0. The maximum Gasteiger partial charge on any atom is 0.323 e. The fourth-order valence-corrected chi connectivity index (χ4v) is 2.70. The van der Waals surface area contributed by atoms with Crippen molar-refractivity contribution in [2.24, 2.45) is 5.41 Å². The molecule has 0 spiro atoms. The maximum atomic E-state index is 12.3. The fourth-order valence-electron chi connectivity index (χ4n) is 2.70. The minimum absolute atomic E-state index is 0.134. The van der Waals surface area contributed by atoms with Crippen LogP contribution in [0.1, 0.15) is 71.6 Å². The van der Waals surface area contributed by atoms with Gasteiger partial charge in [-0.1, -0.05) is 46.0 Å². The zero-order valence-corrected chi connectivity index (χ0v) is 12.1. The quantitative estimate of drug-likeness (QED) is 0.567. The number of carboxylic acids is 1. The van der Waals surface area contributed by atoms with Gasteiger partial charge < -0.3 is 9.84 Å². The Morgan fingerprint density at radius 1 is 1.21 bits per heavy atom. The molecule has 0 heterocycles. The van der Waals surface area contributed by atoms with Crippen LogP contribution in [-0.4, -0.2) is 23.1 Å². The second-order valence-corrected chi connectivity index (χ2v) is 5.53. The average Bonchev–Trinajstić information content (AvgIpc) is 2.43. The van der Waals surface area contributed by atoms with E-state index in [1.54, 1.807) is 0 Å². The van der Waals surface area contributed by atoms with E-state index >= 15 is 0 Å². The molecule has 1 aliphatic rings. The number of esters is 1. The average molecular weight is 270 g/mol. The Bertz CT molecular complexity index is 305. The molecular formula is C15H26O4. The van der Waals surface area contributed by atoms with E-state index in [1.165, 1.54) is 0 Å². The number of aliphatic carboxylic acids is 1. The van der Waals surface area contributed by atoms with Crippen molar-refractivity contribution in [1.82, 2.24) is 0 Å². The molecule has 4 heteroatoms. The van der Waals surface area contributed by atoms with Crippen molar-refractivity contribution in [2.75, 3.05) is 0 Å². The van der Waals surface area contributed by atoms with E-state index in [0.29, 0.717) is 12.8 Å². The lowest BCUT2D eigenvalue weighted by molar-refractivity contribution is -0.175. The largest absolute Gasteiger partial charge is 0.480 e. The lowest BCUT2D eigenvalue weighted by atomic mass is 9.74. The number of hydrogen-bond donors (Lipinski definition) is 1. The summed E-state index contributed by atoms with van der Waals surface area (Å²) in [7, 11) is 0. The first kappa shape index (κ1) is 16.0. The molecule has 0 aliphatic heterocycles. The normalized spacial score (nSPS) is 19.7. The van der Waals surface area contributed by atoms with Crippen LogP contribution in [0.5, 0.6) is 0 Å². The lowest BCUT2D eigenvalue weighted by Gasteiger charge is -2.32. The van der Waals surface area contributed by atoms with E-state index in [9.17, 15) is 14.7 Å². The van der Waals surface area contributed by atoms with Crippen molar-refractivity contribution in [3.8, 4) is 0 Å². The van der Waals surface area contributed by atoms with Gasteiger partial charge in [0.05, 0.1) is 0 Å². The first-order chi connectivity index (χ1) is 9.06. The topological polar surface area (TPSA) is 63.6 Å². The van der Waals surface area contributed by atoms with Crippen LogP contribution >= 0.6 is 0 Å². The van der Waals surface area contributed by atoms with E-state index in [4.69, 9.17) is 4.74 Å². The number of carboxylic acid groups (broad SMARTS) is 1. The molecule has 0 aromatic heterocycles. The molecule has 1 aliphatic carbocycles. The summed E-state index contributed by atoms with van der Waals surface area (Å²) in [6.07, 6.45) is 6.96. The lowest BCUT2D eigenvalue weighted by Crippen LogP contribution is -2.43. The van der Waals surface area contributed by atoms with Crippen molar-refractivity contribution < 1.29 is 19.4 Å². The number of ether oxygens (including phenoxy) is 1. The Labute approximate surface area is 115 Å². The Balaban J connectivity index is 2.68. The molecule has 0 saturated heterocycles. The zero-order valence-electron chi connectivity index (χ0n) is 12.1. The fraction of sp³-hybridized carbons (Fsp3) is 0.867. The molecule has 0 aromatic carbocycles. The van der Waals surface area contributed by atoms with Crippen LogP contribution < -0.4 is 0 Å². The SMILES string of the molecule is CCCCC(CC)OC(=O)C1(C(=O)O)CCCCC1. The third-order valence-corrected chi connectivity index (χ3v) is 4.12. The first-order valence-corrected chi connectivity index (χ1v) is 7.51. The standard InChI is InChI=1S/C15H26O4/c1-3-5-9-12(4-2)19-14(18)15(13(16)17)10-7-6-8-11-15/h12H,3-11H2,1-2H3,(H,16,17). The van der Waals surface area contributed by atoms with Gasteiger partial charge in [0.2, 0.25) is 0 Å². The molecule has 0 amide bonds. The minimum Gasteiger partial charge on any atom is -0.480 e. The van der Waals surface area contributed by atoms with Gasteiger partial charge in [-0.25, -0.2) is 0 Å². The van der Waals surface area contributed by atoms with Gasteiger partial charge in [0.15, 0.2) is 5.41 Å². The van der Waals surface area contributed by atoms with Crippen LogP contribution in [-0.2, 0) is 14.3 Å². The van der Waals surface area contributed by atoms with Crippen LogP contribution in [0.2, 0.25) is 0 Å². The second kappa shape index (κ2) is 7.51. The molecule has 0 bridgehead atoms. The number of rotatable bonds is 7. The van der Waals surface area contributed by atoms with Crippen LogP contribution in [0, 0.1) is 5.41 Å². The number of carbonyl (C=O) groups is 2. The predicted molar refractivity (Wildman–Crippen MR) is 72.8 cm³/mol. The van der Waals surface area contributed by atoms with Gasteiger partial charge in [0.25, 0.3) is 0 Å². The van der Waals surface area contributed by atoms with Crippen molar-refractivity contribution in [3.05, 3.63) is 0 Å². The van der Waals surface area contributed by atoms with Crippen LogP contribution in [0.4, 0.5) is 0 Å². The van der Waals surface area contributed by atoms with Gasteiger partial charge in [-0.05, 0) is 25.7 Å². The molecule has 0 radical (unpaired) electrons. The van der Waals surface area contributed by atoms with Crippen LogP contribution in [0.3, 0.4) is 0 Å². The summed E-state index contributed by atoms with van der Waals surface area (Å²) in [5.74, 6) is -1.52. The Kier molecular flexibility index (Phi) is 6.32. The van der Waals surface area contributed by atoms with Gasteiger partial charge in [-0.2, -0.15) is 0 Å². The second-order valence-electron chi connectivity index (χ2n) is 5.53. The summed E-state index contributed by atoms with van der Waals surface area (Å²) in [5, 5.41) is 9.42. The van der Waals surface area contributed by atoms with Gasteiger partial charge in [0, 0.05) is 0 Å². The van der Waals surface area contributed by atoms with E-state index in [2.05, 4.69) is 6.92 Å². The Morgan fingerprint density at radius 2 is 1.84 bits per heavy atom. The number of unbranched alkanes of at least 4 members (excludes halogenated alkanes) is 1. The van der Waals surface area contributed by atoms with E-state index in [-0.39, 0.29) is 6.10 Å². The van der Waals surface area contributed by atoms with E-state index in [0.717, 1.165) is 44.9 Å². The molecule has 1 N–H and O–H groups in total. The highest BCUT2D eigenvalue weighted by atomic mass is 16.5. The molecular weight excluding hydrogens is 244 g/mol. The smallest absolute Gasteiger partial charge is 0.323 e. The van der Waals surface area contributed by atoms with Crippen molar-refractivity contribution in [2.45, 2.75) is 77.7 Å². The van der Waals surface area contributed by atoms with E-state index < -0.39 is 17.4 Å². The Morgan fingerprint density at radius 3 is 2.32 bits per heavy atom. The molecule has 110 valence electrons. The summed E-state index contributed by atoms with van der Waals surface area (Å²) < 4.78 is 5.49. The van der Waals surface area contributed by atoms with Crippen molar-refractivity contribution in [1.29, 1.82) is 0 Å². The highest BCUT2D eigenvalue weighted by Crippen LogP contribution is 2.38. The summed E-state index contributed by atoms with van der Waals surface area (Å²) in [5.41, 5.74) is -1.28. The highest BCUT2D eigenvalue weighted by molar-refractivity contribution is 5.99. The third-order valence-electron chi connectivity index (χ3n) is 4.12.